The normalized spacial score (nSPS) is 24.6. The third-order valence-electron chi connectivity index (χ3n) is 5.55. The summed E-state index contributed by atoms with van der Waals surface area (Å²) in [5.74, 6) is -2.78. The topological polar surface area (TPSA) is 93.3 Å². The maximum absolute atomic E-state index is 12.7. The molecule has 0 unspecified atom stereocenters. The fraction of sp³-hybridized carbons (Fsp3) is 0.421. The second-order valence-electron chi connectivity index (χ2n) is 6.94. The summed E-state index contributed by atoms with van der Waals surface area (Å²) in [4.78, 5) is 41.2. The Balaban J connectivity index is 1.66. The number of rotatable bonds is 4. The molecule has 6 heteroatoms. The Labute approximate surface area is 144 Å². The maximum atomic E-state index is 12.7. The number of hydrogen-bond acceptors (Lipinski definition) is 4. The predicted octanol–water partition coefficient (Wildman–Crippen LogP) is 1.00. The van der Waals surface area contributed by atoms with E-state index < -0.39 is 12.0 Å². The molecule has 2 aliphatic rings. The highest BCUT2D eigenvalue weighted by molar-refractivity contribution is 6.07. The van der Waals surface area contributed by atoms with Crippen molar-refractivity contribution in [2.24, 2.45) is 11.8 Å². The highest BCUT2D eigenvalue weighted by Gasteiger charge is 2.50. The number of aliphatic carboxylic acids is 1. The van der Waals surface area contributed by atoms with E-state index in [1.54, 1.807) is 6.20 Å². The summed E-state index contributed by atoms with van der Waals surface area (Å²) in [5, 5.41) is 12.7. The van der Waals surface area contributed by atoms with E-state index in [0.29, 0.717) is 12.8 Å². The number of likely N-dealkylation sites (tertiary alicyclic amines) is 1. The molecule has 1 N–H and O–H groups in total. The van der Waals surface area contributed by atoms with Gasteiger partial charge in [-0.1, -0.05) is 31.0 Å². The van der Waals surface area contributed by atoms with E-state index in [4.69, 9.17) is 0 Å². The van der Waals surface area contributed by atoms with Crippen molar-refractivity contribution in [2.75, 3.05) is 0 Å². The summed E-state index contributed by atoms with van der Waals surface area (Å²) in [6, 6.07) is 6.28. The largest absolute Gasteiger partial charge is 0.548 e. The van der Waals surface area contributed by atoms with Crippen LogP contribution in [-0.4, -0.2) is 33.7 Å². The van der Waals surface area contributed by atoms with Crippen molar-refractivity contribution < 1.29 is 19.5 Å². The Bertz CT molecular complexity index is 832. The summed E-state index contributed by atoms with van der Waals surface area (Å²) in [7, 11) is 0. The summed E-state index contributed by atoms with van der Waals surface area (Å²) >= 11 is 0. The molecule has 0 bridgehead atoms. The number of carbonyl (C=O) groups is 3. The molecule has 2 aromatic rings. The quantitative estimate of drug-likeness (QED) is 0.841. The molecule has 1 aromatic carbocycles. The van der Waals surface area contributed by atoms with Crippen molar-refractivity contribution >= 4 is 28.7 Å². The first-order valence-electron chi connectivity index (χ1n) is 8.70. The molecule has 1 aromatic heterocycles. The standard InChI is InChI=1S/C19H20N2O4/c22-17-13-6-1-2-7-14(13)18(23)21(17)16(19(24)25)9-11-10-20-15-8-4-3-5-12(11)15/h3-5,8,10,13-14,16,20H,1-2,6-7,9H2,(H,24,25)/p-1/t13-,14-,16-/m0/s1. The number of H-pyrrole nitrogens is 1. The lowest BCUT2D eigenvalue weighted by Gasteiger charge is -2.27. The number of carboxylic acid groups (broad SMARTS) is 1. The fourth-order valence-corrected chi connectivity index (χ4v) is 4.28. The van der Waals surface area contributed by atoms with Gasteiger partial charge in [-0.05, 0) is 24.5 Å². The number of para-hydroxylation sites is 1. The average molecular weight is 339 g/mol. The number of imide groups is 1. The number of nitrogens with zero attached hydrogens (tertiary/aromatic N) is 1. The van der Waals surface area contributed by atoms with Gasteiger partial charge in [0.05, 0.1) is 23.8 Å². The minimum Gasteiger partial charge on any atom is -0.548 e. The fourth-order valence-electron chi connectivity index (χ4n) is 4.28. The van der Waals surface area contributed by atoms with Crippen LogP contribution in [0.1, 0.15) is 31.2 Å². The van der Waals surface area contributed by atoms with E-state index in [0.717, 1.165) is 34.2 Å². The maximum Gasteiger partial charge on any atom is 0.233 e. The molecular formula is C19H19N2O4-. The van der Waals surface area contributed by atoms with E-state index >= 15 is 0 Å². The molecule has 130 valence electrons. The summed E-state index contributed by atoms with van der Waals surface area (Å²) in [5.41, 5.74) is 1.66. The van der Waals surface area contributed by atoms with Crippen LogP contribution in [0.5, 0.6) is 0 Å². The Hall–Kier alpha value is -2.63. The van der Waals surface area contributed by atoms with Crippen molar-refractivity contribution in [3.05, 3.63) is 36.0 Å². The van der Waals surface area contributed by atoms with E-state index in [1.807, 2.05) is 24.3 Å². The second kappa shape index (κ2) is 6.02. The molecular weight excluding hydrogens is 320 g/mol. The molecule has 2 amide bonds. The number of carbonyl (C=O) groups excluding carboxylic acids is 3. The summed E-state index contributed by atoms with van der Waals surface area (Å²) in [6.45, 7) is 0. The van der Waals surface area contributed by atoms with Crippen LogP contribution in [0.25, 0.3) is 10.9 Å². The zero-order valence-corrected chi connectivity index (χ0v) is 13.7. The third kappa shape index (κ3) is 2.52. The highest BCUT2D eigenvalue weighted by Crippen LogP contribution is 2.39. The predicted molar refractivity (Wildman–Crippen MR) is 88.1 cm³/mol. The van der Waals surface area contributed by atoms with Crippen LogP contribution in [0.2, 0.25) is 0 Å². The van der Waals surface area contributed by atoms with E-state index in [1.165, 1.54) is 0 Å². The van der Waals surface area contributed by atoms with Gasteiger partial charge >= 0.3 is 0 Å². The minimum absolute atomic E-state index is 0.0588. The van der Waals surface area contributed by atoms with Crippen molar-refractivity contribution in [3.8, 4) is 0 Å². The minimum atomic E-state index is -1.38. The lowest BCUT2D eigenvalue weighted by molar-refractivity contribution is -0.310. The first-order valence-corrected chi connectivity index (χ1v) is 8.70. The van der Waals surface area contributed by atoms with Gasteiger partial charge in [0, 0.05) is 23.5 Å². The van der Waals surface area contributed by atoms with Crippen LogP contribution in [0.3, 0.4) is 0 Å². The molecule has 2 heterocycles. The third-order valence-corrected chi connectivity index (χ3v) is 5.55. The Morgan fingerprint density at radius 1 is 1.16 bits per heavy atom. The van der Waals surface area contributed by atoms with Crippen LogP contribution in [0, 0.1) is 11.8 Å². The number of aromatic amines is 1. The van der Waals surface area contributed by atoms with Gasteiger partial charge in [-0.2, -0.15) is 0 Å². The van der Waals surface area contributed by atoms with Gasteiger partial charge in [-0.25, -0.2) is 0 Å². The van der Waals surface area contributed by atoms with E-state index in [-0.39, 0.29) is 30.1 Å². The van der Waals surface area contributed by atoms with Crippen LogP contribution in [0.4, 0.5) is 0 Å². The van der Waals surface area contributed by atoms with Gasteiger partial charge in [0.15, 0.2) is 0 Å². The molecule has 4 rings (SSSR count). The molecule has 0 radical (unpaired) electrons. The van der Waals surface area contributed by atoms with Gasteiger partial charge in [0.2, 0.25) is 11.8 Å². The van der Waals surface area contributed by atoms with Crippen molar-refractivity contribution in [1.82, 2.24) is 9.88 Å². The number of hydrogen-bond donors (Lipinski definition) is 1. The smallest absolute Gasteiger partial charge is 0.233 e. The molecule has 3 atom stereocenters. The van der Waals surface area contributed by atoms with E-state index in [9.17, 15) is 19.5 Å². The van der Waals surface area contributed by atoms with Crippen LogP contribution in [-0.2, 0) is 20.8 Å². The zero-order valence-electron chi connectivity index (χ0n) is 13.7. The Morgan fingerprint density at radius 3 is 2.44 bits per heavy atom. The van der Waals surface area contributed by atoms with Gasteiger partial charge < -0.3 is 14.9 Å². The number of fused-ring (bicyclic) bond motifs is 2. The van der Waals surface area contributed by atoms with Crippen molar-refractivity contribution in [3.63, 3.8) is 0 Å². The first-order chi connectivity index (χ1) is 12.1. The Kier molecular flexibility index (Phi) is 3.82. The number of amides is 2. The van der Waals surface area contributed by atoms with Gasteiger partial charge in [-0.15, -0.1) is 0 Å². The summed E-state index contributed by atoms with van der Waals surface area (Å²) < 4.78 is 0. The second-order valence-corrected chi connectivity index (χ2v) is 6.94. The van der Waals surface area contributed by atoms with Crippen molar-refractivity contribution in [2.45, 2.75) is 38.1 Å². The number of carboxylic acids is 1. The van der Waals surface area contributed by atoms with Gasteiger partial charge in [-0.3, -0.25) is 14.5 Å². The number of nitrogens with one attached hydrogen (secondary N) is 1. The van der Waals surface area contributed by atoms with Gasteiger partial charge in [0.25, 0.3) is 0 Å². The van der Waals surface area contributed by atoms with Crippen LogP contribution >= 0.6 is 0 Å². The molecule has 0 spiro atoms. The van der Waals surface area contributed by atoms with Crippen molar-refractivity contribution in [1.29, 1.82) is 0 Å². The SMILES string of the molecule is O=C([O-])[C@H](Cc1c[nH]c2ccccc12)N1C(=O)[C@H]2CCCC[C@@H]2C1=O. The number of aromatic nitrogens is 1. The molecule has 1 saturated heterocycles. The summed E-state index contributed by atoms with van der Waals surface area (Å²) in [6.07, 6.45) is 4.94. The first kappa shape index (κ1) is 15.9. The molecule has 6 nitrogen and oxygen atoms in total. The molecule has 1 saturated carbocycles. The van der Waals surface area contributed by atoms with Gasteiger partial charge in [0.1, 0.15) is 0 Å². The highest BCUT2D eigenvalue weighted by atomic mass is 16.4. The monoisotopic (exact) mass is 339 g/mol. The molecule has 25 heavy (non-hydrogen) atoms. The lowest BCUT2D eigenvalue weighted by Crippen LogP contribution is -2.52. The van der Waals surface area contributed by atoms with Crippen LogP contribution in [0.15, 0.2) is 30.5 Å². The average Bonchev–Trinajstić information content (AvgIpc) is 3.13. The van der Waals surface area contributed by atoms with E-state index in [2.05, 4.69) is 4.98 Å². The molecule has 2 fully saturated rings. The Morgan fingerprint density at radius 2 is 1.80 bits per heavy atom. The molecule has 1 aliphatic heterocycles. The number of benzene rings is 1. The lowest BCUT2D eigenvalue weighted by atomic mass is 9.81. The zero-order chi connectivity index (χ0) is 17.6. The van der Waals surface area contributed by atoms with Crippen LogP contribution < -0.4 is 5.11 Å². The molecule has 1 aliphatic carbocycles.